The lowest BCUT2D eigenvalue weighted by Gasteiger charge is -2.09. The number of ether oxygens (including phenoxy) is 1. The van der Waals surface area contributed by atoms with Gasteiger partial charge in [0.15, 0.2) is 11.6 Å². The normalized spacial score (nSPS) is 12.5. The van der Waals surface area contributed by atoms with Gasteiger partial charge in [-0.05, 0) is 52.3 Å². The van der Waals surface area contributed by atoms with Crippen LogP contribution in [0.4, 0.5) is 5.69 Å². The van der Waals surface area contributed by atoms with Gasteiger partial charge in [0.2, 0.25) is 0 Å². The fourth-order valence-electron chi connectivity index (χ4n) is 2.20. The number of esters is 1. The minimum atomic E-state index is -0.525. The molecule has 1 aromatic rings. The van der Waals surface area contributed by atoms with Crippen LogP contribution in [-0.2, 0) is 30.3 Å². The quantitative estimate of drug-likeness (QED) is 0.587. The lowest BCUT2D eigenvalue weighted by Crippen LogP contribution is -2.15. The number of rotatable bonds is 7. The van der Waals surface area contributed by atoms with Gasteiger partial charge in [-0.25, -0.2) is 4.79 Å². The highest BCUT2D eigenvalue weighted by molar-refractivity contribution is 6.09. The molecule has 0 saturated heterocycles. The third-order valence-electron chi connectivity index (χ3n) is 4.48. The summed E-state index contributed by atoms with van der Waals surface area (Å²) in [6, 6.07) is 6.82. The third-order valence-corrected chi connectivity index (χ3v) is 4.48. The molecule has 0 aromatic heterocycles. The SMILES string of the molecule is COC(=O)/C(C)=C(/C)C(=O)Cc1ccc(NC(=O)/C(C)=C(/C)C(C)=O)cc1. The van der Waals surface area contributed by atoms with Crippen LogP contribution < -0.4 is 5.32 Å². The number of methoxy groups -OCH3 is 1. The number of nitrogens with one attached hydrogen (secondary N) is 1. The zero-order valence-corrected chi connectivity index (χ0v) is 16.6. The maximum absolute atomic E-state index is 12.3. The van der Waals surface area contributed by atoms with Crippen LogP contribution in [0.2, 0.25) is 0 Å². The van der Waals surface area contributed by atoms with Gasteiger partial charge in [-0.1, -0.05) is 12.1 Å². The number of carbonyl (C=O) groups excluding carboxylic acids is 4. The first-order valence-electron chi connectivity index (χ1n) is 8.46. The van der Waals surface area contributed by atoms with Gasteiger partial charge in [-0.15, -0.1) is 0 Å². The zero-order chi connectivity index (χ0) is 20.7. The molecule has 0 bridgehead atoms. The van der Waals surface area contributed by atoms with E-state index in [2.05, 4.69) is 10.1 Å². The van der Waals surface area contributed by atoms with Crippen LogP contribution in [-0.4, -0.2) is 30.6 Å². The number of Topliss-reactive ketones (excluding diaryl/α,β-unsaturated/α-hetero) is 2. The zero-order valence-electron chi connectivity index (χ0n) is 16.6. The molecular weight excluding hydrogens is 346 g/mol. The van der Waals surface area contributed by atoms with E-state index < -0.39 is 5.97 Å². The molecule has 6 heteroatoms. The van der Waals surface area contributed by atoms with Crippen molar-refractivity contribution in [2.45, 2.75) is 41.0 Å². The Hall–Kier alpha value is -3.02. The lowest BCUT2D eigenvalue weighted by atomic mass is 10.0. The molecule has 0 saturated carbocycles. The van der Waals surface area contributed by atoms with Crippen LogP contribution in [0.1, 0.15) is 40.2 Å². The maximum atomic E-state index is 12.3. The van der Waals surface area contributed by atoms with Gasteiger partial charge >= 0.3 is 5.97 Å². The number of allylic oxidation sites excluding steroid dienone is 2. The molecule has 0 heterocycles. The number of hydrogen-bond acceptors (Lipinski definition) is 5. The summed E-state index contributed by atoms with van der Waals surface area (Å²) >= 11 is 0. The fraction of sp³-hybridized carbons (Fsp3) is 0.333. The highest BCUT2D eigenvalue weighted by atomic mass is 16.5. The molecular formula is C21H25NO5. The average molecular weight is 371 g/mol. The molecule has 1 amide bonds. The molecule has 27 heavy (non-hydrogen) atoms. The Labute approximate surface area is 159 Å². The van der Waals surface area contributed by atoms with Gasteiger partial charge in [0.05, 0.1) is 7.11 Å². The first-order chi connectivity index (χ1) is 12.6. The Morgan fingerprint density at radius 2 is 1.37 bits per heavy atom. The van der Waals surface area contributed by atoms with E-state index in [1.54, 1.807) is 52.0 Å². The van der Waals surface area contributed by atoms with Crippen molar-refractivity contribution >= 4 is 29.1 Å². The molecule has 144 valence electrons. The van der Waals surface area contributed by atoms with Crippen molar-refractivity contribution in [3.8, 4) is 0 Å². The number of hydrogen-bond donors (Lipinski definition) is 1. The van der Waals surface area contributed by atoms with Crippen molar-refractivity contribution in [2.24, 2.45) is 0 Å². The van der Waals surface area contributed by atoms with Crippen molar-refractivity contribution in [3.63, 3.8) is 0 Å². The summed E-state index contributed by atoms with van der Waals surface area (Å²) < 4.78 is 4.62. The van der Waals surface area contributed by atoms with Gasteiger partial charge in [-0.3, -0.25) is 14.4 Å². The number of ketones is 2. The molecule has 0 aliphatic rings. The summed E-state index contributed by atoms with van der Waals surface area (Å²) in [5.41, 5.74) is 2.74. The molecule has 0 aliphatic heterocycles. The van der Waals surface area contributed by atoms with Gasteiger partial charge in [0.25, 0.3) is 5.91 Å². The van der Waals surface area contributed by atoms with E-state index in [0.717, 1.165) is 5.56 Å². The van der Waals surface area contributed by atoms with Crippen LogP contribution in [0.15, 0.2) is 46.6 Å². The van der Waals surface area contributed by atoms with E-state index >= 15 is 0 Å². The van der Waals surface area contributed by atoms with Gasteiger partial charge in [0.1, 0.15) is 0 Å². The smallest absolute Gasteiger partial charge is 0.333 e. The van der Waals surface area contributed by atoms with Crippen LogP contribution in [0.5, 0.6) is 0 Å². The van der Waals surface area contributed by atoms with E-state index in [-0.39, 0.29) is 29.5 Å². The Balaban J connectivity index is 2.84. The second kappa shape index (κ2) is 9.62. The van der Waals surface area contributed by atoms with Gasteiger partial charge in [-0.2, -0.15) is 0 Å². The van der Waals surface area contributed by atoms with Gasteiger partial charge < -0.3 is 10.1 Å². The van der Waals surface area contributed by atoms with Crippen molar-refractivity contribution in [1.29, 1.82) is 0 Å². The Morgan fingerprint density at radius 1 is 0.815 bits per heavy atom. The van der Waals surface area contributed by atoms with Crippen molar-refractivity contribution in [1.82, 2.24) is 0 Å². The second-order valence-corrected chi connectivity index (χ2v) is 6.30. The minimum absolute atomic E-state index is 0.136. The highest BCUT2D eigenvalue weighted by Gasteiger charge is 2.15. The summed E-state index contributed by atoms with van der Waals surface area (Å²) in [6.45, 7) is 7.76. The molecule has 0 atom stereocenters. The minimum Gasteiger partial charge on any atom is -0.466 e. The van der Waals surface area contributed by atoms with E-state index in [0.29, 0.717) is 22.4 Å². The lowest BCUT2D eigenvalue weighted by molar-refractivity contribution is -0.136. The largest absolute Gasteiger partial charge is 0.466 e. The summed E-state index contributed by atoms with van der Waals surface area (Å²) in [6.07, 6.45) is 0.136. The van der Waals surface area contributed by atoms with Crippen molar-refractivity contribution < 1.29 is 23.9 Å². The predicted molar refractivity (Wildman–Crippen MR) is 103 cm³/mol. The van der Waals surface area contributed by atoms with Crippen LogP contribution in [0.3, 0.4) is 0 Å². The first-order valence-corrected chi connectivity index (χ1v) is 8.46. The van der Waals surface area contributed by atoms with Crippen molar-refractivity contribution in [2.75, 3.05) is 12.4 Å². The van der Waals surface area contributed by atoms with Crippen LogP contribution in [0, 0.1) is 0 Å². The predicted octanol–water partition coefficient (Wildman–Crippen LogP) is 3.17. The number of carbonyl (C=O) groups is 4. The number of amides is 1. The summed E-state index contributed by atoms with van der Waals surface area (Å²) in [5.74, 6) is -1.20. The average Bonchev–Trinajstić information content (AvgIpc) is 2.65. The maximum Gasteiger partial charge on any atom is 0.333 e. The molecule has 0 aliphatic carbocycles. The first kappa shape index (κ1) is 22.0. The third kappa shape index (κ3) is 6.02. The summed E-state index contributed by atoms with van der Waals surface area (Å²) in [5, 5.41) is 2.72. The van der Waals surface area contributed by atoms with Crippen LogP contribution in [0.25, 0.3) is 0 Å². The summed E-state index contributed by atoms with van der Waals surface area (Å²) in [7, 11) is 1.27. The number of benzene rings is 1. The highest BCUT2D eigenvalue weighted by Crippen LogP contribution is 2.15. The topological polar surface area (TPSA) is 89.5 Å². The summed E-state index contributed by atoms with van der Waals surface area (Å²) in [4.78, 5) is 47.3. The Kier molecular flexibility index (Phi) is 7.84. The Bertz CT molecular complexity index is 829. The molecule has 0 unspecified atom stereocenters. The molecule has 0 spiro atoms. The van der Waals surface area contributed by atoms with Gasteiger partial charge in [0, 0.05) is 34.4 Å². The van der Waals surface area contributed by atoms with Crippen molar-refractivity contribution in [3.05, 3.63) is 52.1 Å². The Morgan fingerprint density at radius 3 is 1.85 bits per heavy atom. The molecule has 1 N–H and O–H groups in total. The van der Waals surface area contributed by atoms with E-state index in [1.165, 1.54) is 14.0 Å². The fourth-order valence-corrected chi connectivity index (χ4v) is 2.20. The second-order valence-electron chi connectivity index (χ2n) is 6.30. The molecule has 0 fully saturated rings. The van der Waals surface area contributed by atoms with E-state index in [9.17, 15) is 19.2 Å². The van der Waals surface area contributed by atoms with Crippen LogP contribution >= 0.6 is 0 Å². The molecule has 0 radical (unpaired) electrons. The standard InChI is InChI=1S/C21H25NO5/c1-12(16(5)23)14(3)20(25)22-18-9-7-17(8-10-18)11-19(24)13(2)15(4)21(26)27-6/h7-10H,11H2,1-6H3,(H,22,25)/b14-12-,15-13-. The molecule has 1 aromatic carbocycles. The molecule has 6 nitrogen and oxygen atoms in total. The monoisotopic (exact) mass is 371 g/mol. The van der Waals surface area contributed by atoms with E-state index in [4.69, 9.17) is 0 Å². The molecule has 1 rings (SSSR count). The number of anilines is 1. The van der Waals surface area contributed by atoms with E-state index in [1.807, 2.05) is 0 Å².